The number of rotatable bonds is 10. The van der Waals surface area contributed by atoms with E-state index in [2.05, 4.69) is 0 Å². The molecule has 1 atom stereocenters. The Labute approximate surface area is 258 Å². The first-order chi connectivity index (χ1) is 19.0. The molecule has 3 aromatic carbocycles. The van der Waals surface area contributed by atoms with Crippen molar-refractivity contribution in [1.29, 1.82) is 0 Å². The summed E-state index contributed by atoms with van der Waals surface area (Å²) in [6.07, 6.45) is 0. The SMILES string of the molecule is CCN(CCN(C)C)C(=O)c1ccc(Cl)c(C2(C)C(=O)N(Cc3ccc(OC)cc3OC)c3ccc(Cl)cc32)c1.Cl. The lowest BCUT2D eigenvalue weighted by Crippen LogP contribution is -2.39. The maximum Gasteiger partial charge on any atom is 0.253 e. The zero-order chi connectivity index (χ0) is 29.2. The highest BCUT2D eigenvalue weighted by Gasteiger charge is 2.50. The van der Waals surface area contributed by atoms with Crippen molar-refractivity contribution < 1.29 is 19.1 Å². The highest BCUT2D eigenvalue weighted by Crippen LogP contribution is 2.49. The van der Waals surface area contributed by atoms with Gasteiger partial charge in [-0.2, -0.15) is 0 Å². The molecule has 0 saturated heterocycles. The highest BCUT2D eigenvalue weighted by molar-refractivity contribution is 6.33. The molecule has 0 spiro atoms. The fourth-order valence-electron chi connectivity index (χ4n) is 5.16. The minimum absolute atomic E-state index is 0. The van der Waals surface area contributed by atoms with Crippen molar-refractivity contribution >= 4 is 53.1 Å². The molecule has 0 bridgehead atoms. The van der Waals surface area contributed by atoms with E-state index in [1.165, 1.54) is 0 Å². The van der Waals surface area contributed by atoms with Gasteiger partial charge < -0.3 is 24.2 Å². The van der Waals surface area contributed by atoms with Gasteiger partial charge in [-0.3, -0.25) is 9.59 Å². The largest absolute Gasteiger partial charge is 0.497 e. The topological polar surface area (TPSA) is 62.3 Å². The van der Waals surface area contributed by atoms with Gasteiger partial charge in [0.05, 0.1) is 20.8 Å². The Morgan fingerprint density at radius 3 is 2.32 bits per heavy atom. The first kappa shape index (κ1) is 32.5. The number of ether oxygens (including phenoxy) is 2. The number of carbonyl (C=O) groups is 2. The standard InChI is InChI=1S/C31H35Cl2N3O4.ClH/c1-7-35(15-14-34(3)4)29(37)20-9-12-26(33)24(16-20)31(2)25-17-22(32)10-13-27(25)36(30(31)38)19-21-8-11-23(39-5)18-28(21)40-6;/h8-13,16-18H,7,14-15,19H2,1-6H3;1H. The zero-order valence-electron chi connectivity index (χ0n) is 24.2. The normalized spacial score (nSPS) is 15.9. The van der Waals surface area contributed by atoms with Crippen molar-refractivity contribution in [3.63, 3.8) is 0 Å². The summed E-state index contributed by atoms with van der Waals surface area (Å²) in [7, 11) is 7.12. The highest BCUT2D eigenvalue weighted by atomic mass is 35.5. The van der Waals surface area contributed by atoms with Gasteiger partial charge in [0, 0.05) is 52.6 Å². The molecule has 1 aliphatic heterocycles. The van der Waals surface area contributed by atoms with E-state index >= 15 is 0 Å². The Kier molecular flexibility index (Phi) is 10.6. The maximum absolute atomic E-state index is 14.4. The van der Waals surface area contributed by atoms with E-state index in [0.29, 0.717) is 45.8 Å². The van der Waals surface area contributed by atoms with Crippen LogP contribution >= 0.6 is 35.6 Å². The molecule has 0 radical (unpaired) electrons. The lowest BCUT2D eigenvalue weighted by Gasteiger charge is -2.28. The van der Waals surface area contributed by atoms with Crippen LogP contribution in [0.5, 0.6) is 11.5 Å². The summed E-state index contributed by atoms with van der Waals surface area (Å²) in [5.41, 5.74) is 2.13. The quantitative estimate of drug-likeness (QED) is 0.266. The van der Waals surface area contributed by atoms with Gasteiger partial charge in [-0.25, -0.2) is 0 Å². The molecular formula is C31H36Cl3N3O4. The van der Waals surface area contributed by atoms with Crippen LogP contribution in [-0.2, 0) is 16.8 Å². The fourth-order valence-corrected chi connectivity index (χ4v) is 5.64. The lowest BCUT2D eigenvalue weighted by molar-refractivity contribution is -0.121. The molecule has 3 aromatic rings. The Hall–Kier alpha value is -2.97. The van der Waals surface area contributed by atoms with E-state index in [4.69, 9.17) is 32.7 Å². The van der Waals surface area contributed by atoms with Crippen LogP contribution in [-0.4, -0.2) is 69.6 Å². The second-order valence-corrected chi connectivity index (χ2v) is 11.1. The number of hydrogen-bond acceptors (Lipinski definition) is 5. The van der Waals surface area contributed by atoms with Crippen LogP contribution in [0.15, 0.2) is 54.6 Å². The lowest BCUT2D eigenvalue weighted by atomic mass is 9.76. The van der Waals surface area contributed by atoms with Crippen LogP contribution in [0.2, 0.25) is 10.0 Å². The molecule has 10 heteroatoms. The molecular weight excluding hydrogens is 585 g/mol. The zero-order valence-corrected chi connectivity index (χ0v) is 26.5. The Morgan fingerprint density at radius 1 is 0.951 bits per heavy atom. The summed E-state index contributed by atoms with van der Waals surface area (Å²) in [6, 6.07) is 16.1. The molecule has 0 N–H and O–H groups in total. The van der Waals surface area contributed by atoms with Gasteiger partial charge in [0.2, 0.25) is 5.91 Å². The fraction of sp³-hybridized carbons (Fsp3) is 0.355. The average Bonchev–Trinajstić information content (AvgIpc) is 3.15. The number of likely N-dealkylation sites (N-methyl/N-ethyl adjacent to an activating group) is 2. The first-order valence-electron chi connectivity index (χ1n) is 13.1. The number of carbonyl (C=O) groups excluding carboxylic acids is 2. The monoisotopic (exact) mass is 619 g/mol. The van der Waals surface area contributed by atoms with E-state index in [-0.39, 0.29) is 30.8 Å². The number of halogens is 3. The van der Waals surface area contributed by atoms with Crippen LogP contribution in [0, 0.1) is 0 Å². The van der Waals surface area contributed by atoms with Crippen molar-refractivity contribution in [2.45, 2.75) is 25.8 Å². The van der Waals surface area contributed by atoms with Crippen LogP contribution in [0.1, 0.15) is 40.9 Å². The van der Waals surface area contributed by atoms with Gasteiger partial charge in [-0.05, 0) is 87.6 Å². The smallest absolute Gasteiger partial charge is 0.253 e. The van der Waals surface area contributed by atoms with Crippen molar-refractivity contribution in [1.82, 2.24) is 9.80 Å². The molecule has 1 unspecified atom stereocenters. The third-order valence-electron chi connectivity index (χ3n) is 7.52. The predicted molar refractivity (Wildman–Crippen MR) is 167 cm³/mol. The van der Waals surface area contributed by atoms with E-state index in [1.54, 1.807) is 60.4 Å². The Balaban J connectivity index is 0.00000462. The summed E-state index contributed by atoms with van der Waals surface area (Å²) >= 11 is 13.2. The molecule has 0 aliphatic carbocycles. The van der Waals surface area contributed by atoms with Crippen molar-refractivity contribution in [2.24, 2.45) is 0 Å². The third-order valence-corrected chi connectivity index (χ3v) is 8.09. The van der Waals surface area contributed by atoms with E-state index in [9.17, 15) is 9.59 Å². The number of amides is 2. The van der Waals surface area contributed by atoms with E-state index in [0.717, 1.165) is 23.4 Å². The number of fused-ring (bicyclic) bond motifs is 1. The third kappa shape index (κ3) is 6.28. The minimum Gasteiger partial charge on any atom is -0.497 e. The van der Waals surface area contributed by atoms with E-state index in [1.807, 2.05) is 51.0 Å². The molecule has 0 saturated carbocycles. The summed E-state index contributed by atoms with van der Waals surface area (Å²) in [5, 5.41) is 0.907. The van der Waals surface area contributed by atoms with Gasteiger partial charge >= 0.3 is 0 Å². The van der Waals surface area contributed by atoms with Gasteiger partial charge in [-0.1, -0.05) is 23.2 Å². The van der Waals surface area contributed by atoms with Crippen LogP contribution in [0.25, 0.3) is 0 Å². The van der Waals surface area contributed by atoms with Gasteiger partial charge in [-0.15, -0.1) is 12.4 Å². The van der Waals surface area contributed by atoms with Crippen molar-refractivity contribution in [3.05, 3.63) is 86.9 Å². The second kappa shape index (κ2) is 13.3. The number of nitrogens with zero attached hydrogens (tertiary/aromatic N) is 3. The molecule has 41 heavy (non-hydrogen) atoms. The molecule has 0 fully saturated rings. The summed E-state index contributed by atoms with van der Waals surface area (Å²) in [4.78, 5) is 33.4. The van der Waals surface area contributed by atoms with Gasteiger partial charge in [0.15, 0.2) is 0 Å². The number of benzene rings is 3. The second-order valence-electron chi connectivity index (χ2n) is 10.2. The predicted octanol–water partition coefficient (Wildman–Crippen LogP) is 6.31. The number of hydrogen-bond donors (Lipinski definition) is 0. The Morgan fingerprint density at radius 2 is 1.68 bits per heavy atom. The molecule has 4 rings (SSSR count). The van der Waals surface area contributed by atoms with Gasteiger partial charge in [0.1, 0.15) is 16.9 Å². The molecule has 7 nitrogen and oxygen atoms in total. The Bertz CT molecular complexity index is 1430. The summed E-state index contributed by atoms with van der Waals surface area (Å²) < 4.78 is 10.9. The van der Waals surface area contributed by atoms with Crippen molar-refractivity contribution in [3.8, 4) is 11.5 Å². The van der Waals surface area contributed by atoms with Gasteiger partial charge in [0.25, 0.3) is 5.91 Å². The molecule has 2 amide bonds. The molecule has 220 valence electrons. The van der Waals surface area contributed by atoms with Crippen LogP contribution in [0.3, 0.4) is 0 Å². The minimum atomic E-state index is -1.17. The number of methoxy groups -OCH3 is 2. The average molecular weight is 621 g/mol. The van der Waals surface area contributed by atoms with Crippen LogP contribution in [0.4, 0.5) is 5.69 Å². The summed E-state index contributed by atoms with van der Waals surface area (Å²) in [6.45, 7) is 5.96. The maximum atomic E-state index is 14.4. The van der Waals surface area contributed by atoms with Crippen LogP contribution < -0.4 is 14.4 Å². The number of anilines is 1. The van der Waals surface area contributed by atoms with Crippen molar-refractivity contribution in [2.75, 3.05) is 52.8 Å². The van der Waals surface area contributed by atoms with E-state index < -0.39 is 5.41 Å². The first-order valence-corrected chi connectivity index (χ1v) is 13.9. The summed E-state index contributed by atoms with van der Waals surface area (Å²) in [5.74, 6) is 0.987. The molecule has 0 aromatic heterocycles. The molecule has 1 heterocycles. The molecule has 1 aliphatic rings.